The van der Waals surface area contributed by atoms with Gasteiger partial charge in [-0.15, -0.1) is 0 Å². The molecule has 1 fully saturated rings. The van der Waals surface area contributed by atoms with Crippen LogP contribution in [0.2, 0.25) is 0 Å². The van der Waals surface area contributed by atoms with Crippen LogP contribution in [0.3, 0.4) is 0 Å². The molecule has 1 aliphatic rings. The number of hydrogen-bond donors (Lipinski definition) is 2. The van der Waals surface area contributed by atoms with Gasteiger partial charge in [0.2, 0.25) is 11.7 Å². The van der Waals surface area contributed by atoms with Gasteiger partial charge in [-0.05, 0) is 31.6 Å². The standard InChI is InChI=1S/C20H23N7/c1-2-13-3-5-15(6-4-13)25-19-23-11-17-16(10-22-18(17)26-19)14-9-24-20-21-7-8-27(20)12-14/h7-13,15H,2-6H2,1H3,(H2,22,23,25,26). The van der Waals surface area contributed by atoms with Crippen molar-refractivity contribution >= 4 is 22.8 Å². The van der Waals surface area contributed by atoms with Crippen LogP contribution >= 0.6 is 0 Å². The van der Waals surface area contributed by atoms with E-state index < -0.39 is 0 Å². The highest BCUT2D eigenvalue weighted by Crippen LogP contribution is 2.30. The van der Waals surface area contributed by atoms with Crippen LogP contribution in [-0.2, 0) is 0 Å². The normalized spacial score (nSPS) is 20.3. The van der Waals surface area contributed by atoms with Gasteiger partial charge in [-0.1, -0.05) is 13.3 Å². The highest BCUT2D eigenvalue weighted by Gasteiger charge is 2.20. The van der Waals surface area contributed by atoms with Gasteiger partial charge in [0.05, 0.1) is 0 Å². The maximum absolute atomic E-state index is 4.69. The van der Waals surface area contributed by atoms with Crippen LogP contribution in [0.25, 0.3) is 27.9 Å². The summed E-state index contributed by atoms with van der Waals surface area (Å²) < 4.78 is 1.91. The van der Waals surface area contributed by atoms with Crippen molar-refractivity contribution in [3.63, 3.8) is 0 Å². The van der Waals surface area contributed by atoms with Gasteiger partial charge in [0.15, 0.2) is 0 Å². The monoisotopic (exact) mass is 361 g/mol. The van der Waals surface area contributed by atoms with E-state index in [0.29, 0.717) is 17.8 Å². The molecule has 138 valence electrons. The zero-order chi connectivity index (χ0) is 18.2. The minimum absolute atomic E-state index is 0.479. The van der Waals surface area contributed by atoms with Crippen LogP contribution < -0.4 is 5.32 Å². The SMILES string of the molecule is CCC1CCC(Nc2ncc3c(-c4cnc5nccn5c4)c[nH]c3n2)CC1. The molecule has 0 atom stereocenters. The lowest BCUT2D eigenvalue weighted by Gasteiger charge is -2.28. The highest BCUT2D eigenvalue weighted by atomic mass is 15.1. The third-order valence-electron chi connectivity index (χ3n) is 5.75. The number of hydrogen-bond acceptors (Lipinski definition) is 5. The predicted molar refractivity (Wildman–Crippen MR) is 106 cm³/mol. The molecule has 2 N–H and O–H groups in total. The fourth-order valence-electron chi connectivity index (χ4n) is 4.07. The van der Waals surface area contributed by atoms with Crippen molar-refractivity contribution < 1.29 is 0 Å². The Morgan fingerprint density at radius 3 is 2.89 bits per heavy atom. The van der Waals surface area contributed by atoms with Crippen molar-refractivity contribution in [2.45, 2.75) is 45.1 Å². The van der Waals surface area contributed by atoms with E-state index in [2.05, 4.69) is 37.2 Å². The molecule has 4 heterocycles. The molecule has 1 saturated carbocycles. The number of aromatic nitrogens is 6. The molecule has 0 bridgehead atoms. The first kappa shape index (κ1) is 16.2. The van der Waals surface area contributed by atoms with Gasteiger partial charge < -0.3 is 10.3 Å². The van der Waals surface area contributed by atoms with E-state index >= 15 is 0 Å². The van der Waals surface area contributed by atoms with Gasteiger partial charge in [0.25, 0.3) is 0 Å². The van der Waals surface area contributed by atoms with Crippen molar-refractivity contribution in [2.75, 3.05) is 5.32 Å². The van der Waals surface area contributed by atoms with Gasteiger partial charge in [-0.2, -0.15) is 4.98 Å². The fourth-order valence-corrected chi connectivity index (χ4v) is 4.07. The van der Waals surface area contributed by atoms with Crippen LogP contribution in [0.4, 0.5) is 5.95 Å². The Labute approximate surface area is 157 Å². The zero-order valence-corrected chi connectivity index (χ0v) is 15.4. The smallest absolute Gasteiger partial charge is 0.233 e. The molecule has 0 aromatic carbocycles. The number of nitrogens with zero attached hydrogens (tertiary/aromatic N) is 5. The summed E-state index contributed by atoms with van der Waals surface area (Å²) in [6.07, 6.45) is 17.7. The Bertz CT molecular complexity index is 1070. The minimum Gasteiger partial charge on any atom is -0.351 e. The van der Waals surface area contributed by atoms with Crippen molar-refractivity contribution in [3.05, 3.63) is 37.2 Å². The Kier molecular flexibility index (Phi) is 3.99. The van der Waals surface area contributed by atoms with Crippen LogP contribution in [-0.4, -0.2) is 35.4 Å². The summed E-state index contributed by atoms with van der Waals surface area (Å²) >= 11 is 0. The fraction of sp³-hybridized carbons (Fsp3) is 0.400. The van der Waals surface area contributed by atoms with Crippen LogP contribution in [0, 0.1) is 5.92 Å². The topological polar surface area (TPSA) is 83.8 Å². The average molecular weight is 361 g/mol. The van der Waals surface area contributed by atoms with Crippen LogP contribution in [0.1, 0.15) is 39.0 Å². The van der Waals surface area contributed by atoms with Gasteiger partial charge in [-0.3, -0.25) is 4.40 Å². The van der Waals surface area contributed by atoms with Crippen molar-refractivity contribution in [3.8, 4) is 11.1 Å². The molecule has 4 aromatic rings. The van der Waals surface area contributed by atoms with Crippen molar-refractivity contribution in [1.29, 1.82) is 0 Å². The number of aromatic amines is 1. The second-order valence-corrected chi connectivity index (χ2v) is 7.41. The summed E-state index contributed by atoms with van der Waals surface area (Å²) in [5.41, 5.74) is 2.90. The summed E-state index contributed by atoms with van der Waals surface area (Å²) in [6, 6.07) is 0.479. The predicted octanol–water partition coefficient (Wildman–Crippen LogP) is 4.05. The Balaban J connectivity index is 1.39. The quantitative estimate of drug-likeness (QED) is 0.573. The van der Waals surface area contributed by atoms with Crippen LogP contribution in [0.5, 0.6) is 0 Å². The largest absolute Gasteiger partial charge is 0.351 e. The van der Waals surface area contributed by atoms with E-state index in [-0.39, 0.29) is 0 Å². The molecular formula is C20H23N7. The molecule has 7 nitrogen and oxygen atoms in total. The molecule has 0 aliphatic heterocycles. The molecule has 5 rings (SSSR count). The number of imidazole rings is 1. The molecule has 0 unspecified atom stereocenters. The van der Waals surface area contributed by atoms with E-state index in [0.717, 1.165) is 28.1 Å². The molecule has 4 aromatic heterocycles. The number of anilines is 1. The maximum atomic E-state index is 4.69. The van der Waals surface area contributed by atoms with Gasteiger partial charge >= 0.3 is 0 Å². The summed E-state index contributed by atoms with van der Waals surface area (Å²) in [6.45, 7) is 2.29. The third kappa shape index (κ3) is 3.03. The van der Waals surface area contributed by atoms with E-state index in [1.165, 1.54) is 32.1 Å². The summed E-state index contributed by atoms with van der Waals surface area (Å²) in [5.74, 6) is 2.29. The second-order valence-electron chi connectivity index (χ2n) is 7.41. The second kappa shape index (κ2) is 6.64. The first-order valence-corrected chi connectivity index (χ1v) is 9.70. The lowest BCUT2D eigenvalue weighted by Crippen LogP contribution is -2.26. The number of fused-ring (bicyclic) bond motifs is 2. The lowest BCUT2D eigenvalue weighted by molar-refractivity contribution is 0.329. The Morgan fingerprint density at radius 2 is 2.04 bits per heavy atom. The maximum Gasteiger partial charge on any atom is 0.233 e. The molecule has 7 heteroatoms. The van der Waals surface area contributed by atoms with Crippen molar-refractivity contribution in [2.24, 2.45) is 5.92 Å². The first-order valence-electron chi connectivity index (χ1n) is 9.70. The van der Waals surface area contributed by atoms with Gasteiger partial charge in [0, 0.05) is 59.7 Å². The first-order chi connectivity index (χ1) is 13.3. The molecule has 0 amide bonds. The van der Waals surface area contributed by atoms with E-state index in [4.69, 9.17) is 0 Å². The van der Waals surface area contributed by atoms with Crippen LogP contribution in [0.15, 0.2) is 37.2 Å². The molecule has 1 aliphatic carbocycles. The summed E-state index contributed by atoms with van der Waals surface area (Å²) in [4.78, 5) is 21.1. The Morgan fingerprint density at radius 1 is 1.15 bits per heavy atom. The Hall–Kier alpha value is -2.96. The highest BCUT2D eigenvalue weighted by molar-refractivity contribution is 5.93. The number of H-pyrrole nitrogens is 1. The average Bonchev–Trinajstić information content (AvgIpc) is 3.34. The molecule has 27 heavy (non-hydrogen) atoms. The molecule has 0 radical (unpaired) electrons. The summed E-state index contributed by atoms with van der Waals surface area (Å²) in [5, 5.41) is 4.52. The van der Waals surface area contributed by atoms with Crippen molar-refractivity contribution in [1.82, 2.24) is 29.3 Å². The van der Waals surface area contributed by atoms with Gasteiger partial charge in [-0.25, -0.2) is 15.0 Å². The molecule has 0 spiro atoms. The van der Waals surface area contributed by atoms with E-state index in [1.54, 1.807) is 6.20 Å². The zero-order valence-electron chi connectivity index (χ0n) is 15.4. The lowest BCUT2D eigenvalue weighted by atomic mass is 9.85. The summed E-state index contributed by atoms with van der Waals surface area (Å²) in [7, 11) is 0. The molecular weight excluding hydrogens is 338 g/mol. The third-order valence-corrected chi connectivity index (χ3v) is 5.75. The minimum atomic E-state index is 0.479. The number of nitrogens with one attached hydrogen (secondary N) is 2. The van der Waals surface area contributed by atoms with E-state index in [1.807, 2.05) is 35.4 Å². The van der Waals surface area contributed by atoms with Gasteiger partial charge in [0.1, 0.15) is 5.65 Å². The van der Waals surface area contributed by atoms with E-state index in [9.17, 15) is 0 Å². The number of rotatable bonds is 4. The molecule has 0 saturated heterocycles.